The van der Waals surface area contributed by atoms with Crippen LogP contribution in [-0.4, -0.2) is 32.9 Å². The molecular formula is C47H45NO4S3. The second kappa shape index (κ2) is 17.5. The lowest BCUT2D eigenvalue weighted by molar-refractivity contribution is -0.140. The standard InChI is InChI=1S/C47H45NO4S3/c1-3-4-18-42(49)47(54-30(2)53)44-28-35(29-45(50)51)46(52)43(55-44)27-32-21-24-41-39(26-32)37-16-11-17-40(37)48(41)36-22-19-31(20-23-36)25-38(33-12-7-5-8-13-33)34-14-9-6-10-15-34/h5-10,12-15,19-27,35,37,40H,3-4,11,16-18,28-29H2,1-2H3,(H,50,51). The number of thioether (sulfide) groups is 2. The van der Waals surface area contributed by atoms with Gasteiger partial charge in [-0.1, -0.05) is 134 Å². The summed E-state index contributed by atoms with van der Waals surface area (Å²) in [6, 6.07) is 36.7. The van der Waals surface area contributed by atoms with E-state index in [-0.39, 0.29) is 24.4 Å². The van der Waals surface area contributed by atoms with Crippen molar-refractivity contribution in [3.8, 4) is 0 Å². The van der Waals surface area contributed by atoms with Gasteiger partial charge in [0.25, 0.3) is 0 Å². The second-order valence-electron chi connectivity index (χ2n) is 14.5. The Labute approximate surface area is 338 Å². The molecule has 5 nitrogen and oxygen atoms in total. The zero-order valence-corrected chi connectivity index (χ0v) is 33.7. The van der Waals surface area contributed by atoms with E-state index in [1.165, 1.54) is 51.5 Å². The number of Topliss-reactive ketones (excluding diaryl/α,β-unsaturated/α-hetero) is 2. The van der Waals surface area contributed by atoms with E-state index in [1.54, 1.807) is 6.92 Å². The number of aliphatic carboxylic acids is 1. The van der Waals surface area contributed by atoms with E-state index >= 15 is 0 Å². The van der Waals surface area contributed by atoms with Crippen molar-refractivity contribution in [3.05, 3.63) is 146 Å². The quantitative estimate of drug-likeness (QED) is 0.0865. The average Bonchev–Trinajstić information content (AvgIpc) is 3.78. The van der Waals surface area contributed by atoms with Crippen molar-refractivity contribution < 1.29 is 19.5 Å². The predicted octanol–water partition coefficient (Wildman–Crippen LogP) is 12.3. The number of hydrogen-bond acceptors (Lipinski definition) is 7. The number of anilines is 2. The van der Waals surface area contributed by atoms with Gasteiger partial charge in [0.2, 0.25) is 0 Å². The zero-order valence-electron chi connectivity index (χ0n) is 31.2. The molecule has 3 aliphatic rings. The van der Waals surface area contributed by atoms with E-state index in [4.69, 9.17) is 12.2 Å². The van der Waals surface area contributed by atoms with Gasteiger partial charge in [0.1, 0.15) is 0 Å². The zero-order chi connectivity index (χ0) is 38.5. The number of carbonyl (C=O) groups is 3. The van der Waals surface area contributed by atoms with Crippen molar-refractivity contribution in [1.29, 1.82) is 0 Å². The number of carboxylic acids is 1. The Morgan fingerprint density at radius 1 is 0.927 bits per heavy atom. The first kappa shape index (κ1) is 38.8. The van der Waals surface area contributed by atoms with Gasteiger partial charge in [-0.25, -0.2) is 0 Å². The first-order chi connectivity index (χ1) is 26.7. The summed E-state index contributed by atoms with van der Waals surface area (Å²) in [7, 11) is 0. The van der Waals surface area contributed by atoms with Crippen molar-refractivity contribution in [1.82, 2.24) is 0 Å². The Bertz CT molecular complexity index is 2150. The largest absolute Gasteiger partial charge is 0.481 e. The summed E-state index contributed by atoms with van der Waals surface area (Å²) < 4.78 is 0.620. The van der Waals surface area contributed by atoms with E-state index in [9.17, 15) is 19.5 Å². The molecule has 7 rings (SSSR count). The van der Waals surface area contributed by atoms with Gasteiger partial charge in [0.15, 0.2) is 11.6 Å². The van der Waals surface area contributed by atoms with Crippen LogP contribution in [0.4, 0.5) is 11.4 Å². The molecule has 1 saturated heterocycles. The number of fused-ring (bicyclic) bond motifs is 3. The molecule has 0 aromatic heterocycles. The van der Waals surface area contributed by atoms with Crippen LogP contribution in [0.15, 0.2) is 118 Å². The fourth-order valence-electron chi connectivity index (χ4n) is 8.14. The summed E-state index contributed by atoms with van der Waals surface area (Å²) in [5, 5.41) is 9.72. The number of ketones is 2. The number of carbonyl (C=O) groups excluding carboxylic acids is 2. The highest BCUT2D eigenvalue weighted by Gasteiger charge is 2.42. The normalized spacial score (nSPS) is 20.5. The van der Waals surface area contributed by atoms with Gasteiger partial charge in [0.05, 0.1) is 16.2 Å². The van der Waals surface area contributed by atoms with E-state index in [0.717, 1.165) is 53.8 Å². The van der Waals surface area contributed by atoms with Crippen molar-refractivity contribution in [2.75, 3.05) is 4.90 Å². The molecule has 1 aliphatic carbocycles. The molecule has 8 heteroatoms. The third-order valence-corrected chi connectivity index (χ3v) is 13.2. The summed E-state index contributed by atoms with van der Waals surface area (Å²) in [6.45, 7) is 3.84. The number of benzene rings is 4. The molecule has 0 amide bonds. The number of thiocarbonyl (C=S) groups is 1. The molecule has 55 heavy (non-hydrogen) atoms. The van der Waals surface area contributed by atoms with Gasteiger partial charge >= 0.3 is 5.97 Å². The fraction of sp³-hybridized carbons (Fsp3) is 0.277. The summed E-state index contributed by atoms with van der Waals surface area (Å²) in [4.78, 5) is 43.3. The van der Waals surface area contributed by atoms with Crippen LogP contribution in [0.3, 0.4) is 0 Å². The summed E-state index contributed by atoms with van der Waals surface area (Å²) in [5.41, 5.74) is 9.21. The van der Waals surface area contributed by atoms with Gasteiger partial charge in [-0.05, 0) is 102 Å². The van der Waals surface area contributed by atoms with Crippen LogP contribution in [0.1, 0.15) is 98.9 Å². The molecule has 1 saturated carbocycles. The molecule has 280 valence electrons. The molecule has 2 heterocycles. The Balaban J connectivity index is 1.21. The number of allylic oxidation sites excluding steroid dienone is 3. The van der Waals surface area contributed by atoms with Gasteiger partial charge < -0.3 is 10.0 Å². The Morgan fingerprint density at radius 3 is 2.24 bits per heavy atom. The number of carboxylic acid groups (broad SMARTS) is 1. The highest BCUT2D eigenvalue weighted by atomic mass is 32.2. The molecule has 4 aromatic carbocycles. The molecule has 0 spiro atoms. The fourth-order valence-corrected chi connectivity index (χ4v) is 10.6. The molecule has 2 aliphatic heterocycles. The maximum absolute atomic E-state index is 13.8. The molecule has 4 aromatic rings. The lowest BCUT2D eigenvalue weighted by atomic mass is 9.93. The SMILES string of the molecule is CCCCC(=O)C(SC(C)=S)=C1CC(CC(=O)O)C(=O)C(=Cc2ccc3c(c2)C2CCCC2N3c2ccc(C=C(c3ccccc3)c3ccccc3)cc2)S1. The maximum atomic E-state index is 13.8. The number of rotatable bonds is 12. The molecule has 0 bridgehead atoms. The van der Waals surface area contributed by atoms with Crippen LogP contribution < -0.4 is 4.90 Å². The Morgan fingerprint density at radius 2 is 1.60 bits per heavy atom. The highest BCUT2D eigenvalue weighted by molar-refractivity contribution is 8.26. The number of unbranched alkanes of at least 4 members (excludes halogenated alkanes) is 1. The van der Waals surface area contributed by atoms with E-state index in [1.807, 2.05) is 25.1 Å². The monoisotopic (exact) mass is 783 g/mol. The minimum atomic E-state index is -1.02. The van der Waals surface area contributed by atoms with Crippen molar-refractivity contribution in [2.45, 2.75) is 77.2 Å². The molecular weight excluding hydrogens is 739 g/mol. The first-order valence-electron chi connectivity index (χ1n) is 19.2. The maximum Gasteiger partial charge on any atom is 0.304 e. The first-order valence-corrected chi connectivity index (χ1v) is 21.2. The number of nitrogens with zero attached hydrogens (tertiary/aromatic N) is 1. The third kappa shape index (κ3) is 8.82. The lowest BCUT2D eigenvalue weighted by Gasteiger charge is -2.27. The lowest BCUT2D eigenvalue weighted by Crippen LogP contribution is -2.26. The van der Waals surface area contributed by atoms with Crippen LogP contribution in [0.25, 0.3) is 17.7 Å². The summed E-state index contributed by atoms with van der Waals surface area (Å²) in [6.07, 6.45) is 9.51. The van der Waals surface area contributed by atoms with Gasteiger partial charge in [-0.2, -0.15) is 0 Å². The summed E-state index contributed by atoms with van der Waals surface area (Å²) >= 11 is 7.98. The minimum absolute atomic E-state index is 0.00288. The average molecular weight is 784 g/mol. The Kier molecular flexibility index (Phi) is 12.4. The van der Waals surface area contributed by atoms with Crippen molar-refractivity contribution in [2.24, 2.45) is 5.92 Å². The van der Waals surface area contributed by atoms with E-state index in [2.05, 4.69) is 102 Å². The molecule has 2 fully saturated rings. The third-order valence-electron chi connectivity index (χ3n) is 10.7. The van der Waals surface area contributed by atoms with Crippen LogP contribution in [-0.2, 0) is 14.4 Å². The number of hydrogen-bond donors (Lipinski definition) is 1. The van der Waals surface area contributed by atoms with Crippen LogP contribution in [0.5, 0.6) is 0 Å². The molecule has 3 atom stereocenters. The highest BCUT2D eigenvalue weighted by Crippen LogP contribution is 2.53. The predicted molar refractivity (Wildman–Crippen MR) is 234 cm³/mol. The van der Waals surface area contributed by atoms with Gasteiger partial charge in [-0.3, -0.25) is 14.4 Å². The van der Waals surface area contributed by atoms with Crippen LogP contribution >= 0.6 is 35.7 Å². The van der Waals surface area contributed by atoms with Gasteiger partial charge in [-0.15, -0.1) is 0 Å². The molecule has 1 N–H and O–H groups in total. The van der Waals surface area contributed by atoms with Gasteiger partial charge in [0, 0.05) is 44.8 Å². The van der Waals surface area contributed by atoms with Crippen LogP contribution in [0.2, 0.25) is 0 Å². The van der Waals surface area contributed by atoms with Crippen LogP contribution in [0, 0.1) is 5.92 Å². The van der Waals surface area contributed by atoms with Crippen molar-refractivity contribution in [3.63, 3.8) is 0 Å². The summed E-state index contributed by atoms with van der Waals surface area (Å²) in [5.74, 6) is -1.56. The topological polar surface area (TPSA) is 74.7 Å². The Hall–Kier alpha value is -4.50. The molecule has 0 radical (unpaired) electrons. The second-order valence-corrected chi connectivity index (χ2v) is 17.8. The minimum Gasteiger partial charge on any atom is -0.481 e. The van der Waals surface area contributed by atoms with E-state index in [0.29, 0.717) is 32.4 Å². The van der Waals surface area contributed by atoms with E-state index < -0.39 is 11.9 Å². The molecule has 3 unspecified atom stereocenters. The smallest absolute Gasteiger partial charge is 0.304 e. The van der Waals surface area contributed by atoms with Crippen molar-refractivity contribution >= 4 is 86.6 Å².